The molecule has 0 bridgehead atoms. The Hall–Kier alpha value is -0.670. The molecule has 3 nitrogen and oxygen atoms in total. The van der Waals surface area contributed by atoms with Crippen molar-refractivity contribution in [2.24, 2.45) is 5.73 Å². The minimum Gasteiger partial charge on any atom is -0.481 e. The Labute approximate surface area is 194 Å². The Morgan fingerprint density at radius 3 is 1.93 bits per heavy atom. The number of carbonyl (C=O) groups is 1. The molecule has 2 aliphatic carbocycles. The van der Waals surface area contributed by atoms with Gasteiger partial charge in [-0.3, -0.25) is 4.79 Å². The van der Waals surface area contributed by atoms with Gasteiger partial charge in [-0.1, -0.05) is 12.1 Å². The van der Waals surface area contributed by atoms with Crippen LogP contribution in [0.1, 0.15) is 66.2 Å². The van der Waals surface area contributed by atoms with Gasteiger partial charge in [0, 0.05) is 7.14 Å². The molecular formula is C23H27I2NO2. The first-order chi connectivity index (χ1) is 13.5. The predicted octanol–water partition coefficient (Wildman–Crippen LogP) is 5.86. The summed E-state index contributed by atoms with van der Waals surface area (Å²) in [5, 5.41) is 8.84. The van der Waals surface area contributed by atoms with Crippen molar-refractivity contribution in [2.75, 3.05) is 6.54 Å². The molecule has 0 radical (unpaired) electrons. The van der Waals surface area contributed by atoms with Gasteiger partial charge in [-0.25, -0.2) is 0 Å². The molecule has 5 heteroatoms. The van der Waals surface area contributed by atoms with E-state index in [2.05, 4.69) is 81.6 Å². The molecule has 0 aromatic heterocycles. The topological polar surface area (TPSA) is 63.3 Å². The lowest BCUT2D eigenvalue weighted by molar-refractivity contribution is -0.137. The third-order valence-electron chi connectivity index (χ3n) is 5.79. The highest BCUT2D eigenvalue weighted by Crippen LogP contribution is 2.34. The summed E-state index contributed by atoms with van der Waals surface area (Å²) in [7, 11) is 0. The van der Waals surface area contributed by atoms with Crippen LogP contribution in [0.25, 0.3) is 0 Å². The van der Waals surface area contributed by atoms with E-state index in [9.17, 15) is 4.79 Å². The molecule has 0 saturated heterocycles. The average Bonchev–Trinajstić information content (AvgIpc) is 2.67. The third kappa shape index (κ3) is 5.69. The standard InChI is InChI=1S/C12H13IO2.C11H14IN/c13-10-4-5-11-8(6-10)2-1-3-9(11)7-12(14)15;12-10-4-5-11-8(6-10)2-1-3-9(11)7-13/h4-6,9H,1-3,7H2,(H,14,15);4-6,9H,1-3,7,13H2/t2*9-/m00/s1. The molecule has 0 heterocycles. The van der Waals surface area contributed by atoms with E-state index in [1.807, 2.05) is 0 Å². The minimum atomic E-state index is -0.689. The Balaban J connectivity index is 0.000000162. The molecule has 28 heavy (non-hydrogen) atoms. The van der Waals surface area contributed by atoms with Gasteiger partial charge in [0.2, 0.25) is 0 Å². The second kappa shape index (κ2) is 10.4. The number of aliphatic carboxylic acids is 1. The smallest absolute Gasteiger partial charge is 0.303 e. The number of hydrogen-bond donors (Lipinski definition) is 2. The van der Waals surface area contributed by atoms with E-state index in [0.29, 0.717) is 5.92 Å². The third-order valence-corrected chi connectivity index (χ3v) is 7.13. The summed E-state index contributed by atoms with van der Waals surface area (Å²) >= 11 is 4.68. The van der Waals surface area contributed by atoms with Gasteiger partial charge in [0.05, 0.1) is 6.42 Å². The van der Waals surface area contributed by atoms with Crippen LogP contribution >= 0.6 is 45.2 Å². The molecule has 2 atom stereocenters. The first kappa shape index (κ1) is 22.0. The van der Waals surface area contributed by atoms with Crippen LogP contribution < -0.4 is 5.73 Å². The zero-order chi connectivity index (χ0) is 20.1. The van der Waals surface area contributed by atoms with Gasteiger partial charge >= 0.3 is 5.97 Å². The number of aryl methyl sites for hydroxylation is 2. The zero-order valence-corrected chi connectivity index (χ0v) is 20.3. The molecule has 0 aliphatic heterocycles. The largest absolute Gasteiger partial charge is 0.481 e. The van der Waals surface area contributed by atoms with Gasteiger partial charge in [-0.15, -0.1) is 0 Å². The van der Waals surface area contributed by atoms with E-state index in [0.717, 1.165) is 25.8 Å². The lowest BCUT2D eigenvalue weighted by Crippen LogP contribution is -2.18. The minimum absolute atomic E-state index is 0.225. The van der Waals surface area contributed by atoms with Gasteiger partial charge in [0.15, 0.2) is 0 Å². The van der Waals surface area contributed by atoms with E-state index < -0.39 is 5.97 Å². The molecule has 2 aliphatic rings. The Morgan fingerprint density at radius 2 is 1.43 bits per heavy atom. The van der Waals surface area contributed by atoms with E-state index in [4.69, 9.17) is 10.8 Å². The van der Waals surface area contributed by atoms with Gasteiger partial charge in [0.25, 0.3) is 0 Å². The number of carboxylic acid groups (broad SMARTS) is 1. The van der Waals surface area contributed by atoms with Crippen LogP contribution in [0.4, 0.5) is 0 Å². The number of halogens is 2. The maximum absolute atomic E-state index is 10.7. The Bertz CT molecular complexity index is 837. The van der Waals surface area contributed by atoms with E-state index >= 15 is 0 Å². The van der Waals surface area contributed by atoms with Crippen molar-refractivity contribution < 1.29 is 9.90 Å². The average molecular weight is 603 g/mol. The van der Waals surface area contributed by atoms with Crippen LogP contribution in [0.2, 0.25) is 0 Å². The molecule has 0 amide bonds. The number of fused-ring (bicyclic) bond motifs is 2. The molecule has 0 spiro atoms. The van der Waals surface area contributed by atoms with Crippen LogP contribution in [-0.4, -0.2) is 17.6 Å². The van der Waals surface area contributed by atoms with Crippen molar-refractivity contribution in [3.8, 4) is 0 Å². The lowest BCUT2D eigenvalue weighted by Gasteiger charge is -2.24. The van der Waals surface area contributed by atoms with Gasteiger partial charge in [-0.2, -0.15) is 0 Å². The van der Waals surface area contributed by atoms with Crippen molar-refractivity contribution in [3.63, 3.8) is 0 Å². The second-order valence-electron chi connectivity index (χ2n) is 7.70. The van der Waals surface area contributed by atoms with Crippen LogP contribution in [-0.2, 0) is 17.6 Å². The molecule has 0 saturated carbocycles. The summed E-state index contributed by atoms with van der Waals surface area (Å²) in [4.78, 5) is 10.7. The predicted molar refractivity (Wildman–Crippen MR) is 131 cm³/mol. The van der Waals surface area contributed by atoms with Gasteiger partial charge in [-0.05, 0) is 149 Å². The fourth-order valence-electron chi connectivity index (χ4n) is 4.43. The monoisotopic (exact) mass is 603 g/mol. The Kier molecular flexibility index (Phi) is 8.17. The van der Waals surface area contributed by atoms with E-state index in [-0.39, 0.29) is 12.3 Å². The SMILES string of the molecule is NC[C@@H]1CCCc2cc(I)ccc21.O=C(O)C[C@@H]1CCCc2cc(I)ccc21. The quantitative estimate of drug-likeness (QED) is 0.433. The summed E-state index contributed by atoms with van der Waals surface area (Å²) in [6.07, 6.45) is 7.31. The molecule has 2 aromatic rings. The summed E-state index contributed by atoms with van der Waals surface area (Å²) in [5.74, 6) is 0.149. The molecule has 2 aromatic carbocycles. The second-order valence-corrected chi connectivity index (χ2v) is 10.2. The first-order valence-corrected chi connectivity index (χ1v) is 12.1. The van der Waals surface area contributed by atoms with Crippen LogP contribution in [0.5, 0.6) is 0 Å². The number of nitrogens with two attached hydrogens (primary N) is 1. The zero-order valence-electron chi connectivity index (χ0n) is 16.0. The number of benzene rings is 2. The summed E-state index contributed by atoms with van der Waals surface area (Å²) in [5.41, 5.74) is 11.4. The summed E-state index contributed by atoms with van der Waals surface area (Å²) < 4.78 is 2.58. The number of hydrogen-bond acceptors (Lipinski definition) is 2. The van der Waals surface area contributed by atoms with Crippen LogP contribution in [0.15, 0.2) is 36.4 Å². The maximum atomic E-state index is 10.7. The number of carboxylic acids is 1. The fraction of sp³-hybridized carbons (Fsp3) is 0.435. The van der Waals surface area contributed by atoms with Crippen LogP contribution in [0, 0.1) is 7.14 Å². The normalized spacial score (nSPS) is 20.4. The van der Waals surface area contributed by atoms with Crippen molar-refractivity contribution >= 4 is 51.2 Å². The van der Waals surface area contributed by atoms with Gasteiger partial charge < -0.3 is 10.8 Å². The fourth-order valence-corrected chi connectivity index (χ4v) is 5.55. The summed E-state index contributed by atoms with van der Waals surface area (Å²) in [6, 6.07) is 13.1. The molecule has 0 unspecified atom stereocenters. The molecule has 150 valence electrons. The van der Waals surface area contributed by atoms with E-state index in [1.165, 1.54) is 48.7 Å². The maximum Gasteiger partial charge on any atom is 0.303 e. The van der Waals surface area contributed by atoms with Crippen LogP contribution in [0.3, 0.4) is 0 Å². The Morgan fingerprint density at radius 1 is 0.929 bits per heavy atom. The lowest BCUT2D eigenvalue weighted by atomic mass is 9.81. The van der Waals surface area contributed by atoms with Gasteiger partial charge in [0.1, 0.15) is 0 Å². The van der Waals surface area contributed by atoms with E-state index in [1.54, 1.807) is 0 Å². The molecule has 3 N–H and O–H groups in total. The molecule has 4 rings (SSSR count). The van der Waals surface area contributed by atoms with Crippen molar-refractivity contribution in [1.82, 2.24) is 0 Å². The summed E-state index contributed by atoms with van der Waals surface area (Å²) in [6.45, 7) is 0.799. The highest BCUT2D eigenvalue weighted by Gasteiger charge is 2.22. The van der Waals surface area contributed by atoms with Crippen molar-refractivity contribution in [1.29, 1.82) is 0 Å². The molecular weight excluding hydrogens is 576 g/mol. The first-order valence-electron chi connectivity index (χ1n) is 9.96. The number of rotatable bonds is 3. The van der Waals surface area contributed by atoms with Crippen molar-refractivity contribution in [3.05, 3.63) is 65.8 Å². The van der Waals surface area contributed by atoms with Crippen molar-refractivity contribution in [2.45, 2.75) is 56.8 Å². The highest BCUT2D eigenvalue weighted by atomic mass is 127. The molecule has 0 fully saturated rings. The highest BCUT2D eigenvalue weighted by molar-refractivity contribution is 14.1.